The number of hydrogen-bond acceptors (Lipinski definition) is 3. The van der Waals surface area contributed by atoms with Crippen molar-refractivity contribution in [3.63, 3.8) is 0 Å². The van der Waals surface area contributed by atoms with Crippen LogP contribution in [0.15, 0.2) is 60.8 Å². The van der Waals surface area contributed by atoms with Crippen molar-refractivity contribution in [3.8, 4) is 0 Å². The molecule has 1 amide bonds. The van der Waals surface area contributed by atoms with Crippen LogP contribution in [0.25, 0.3) is 0 Å². The van der Waals surface area contributed by atoms with E-state index in [0.717, 1.165) is 16.0 Å². The second-order valence-corrected chi connectivity index (χ2v) is 8.44. The molecule has 1 unspecified atom stereocenters. The van der Waals surface area contributed by atoms with Gasteiger partial charge in [0.1, 0.15) is 0 Å². The summed E-state index contributed by atoms with van der Waals surface area (Å²) < 4.78 is 0. The molecule has 3 nitrogen and oxygen atoms in total. The van der Waals surface area contributed by atoms with Gasteiger partial charge in [-0.05, 0) is 25.0 Å². The van der Waals surface area contributed by atoms with Crippen molar-refractivity contribution in [1.29, 1.82) is 0 Å². The third kappa shape index (κ3) is 3.86. The summed E-state index contributed by atoms with van der Waals surface area (Å²) >= 11 is 1.49. The van der Waals surface area contributed by atoms with Crippen molar-refractivity contribution in [3.05, 3.63) is 82.4 Å². The summed E-state index contributed by atoms with van der Waals surface area (Å²) in [5, 5.41) is 3.65. The van der Waals surface area contributed by atoms with Crippen LogP contribution in [-0.2, 0) is 4.79 Å². The van der Waals surface area contributed by atoms with E-state index in [9.17, 15) is 4.79 Å². The molecule has 0 bridgehead atoms. The van der Waals surface area contributed by atoms with Crippen LogP contribution in [0.2, 0.25) is 0 Å². The molecule has 0 radical (unpaired) electrons. The molecular weight excluding hydrogens is 340 g/mol. The molecule has 1 atom stereocenters. The van der Waals surface area contributed by atoms with Crippen LogP contribution in [0.1, 0.15) is 41.3 Å². The van der Waals surface area contributed by atoms with Gasteiger partial charge in [-0.1, -0.05) is 74.0 Å². The molecule has 0 aliphatic rings. The Morgan fingerprint density at radius 1 is 1.00 bits per heavy atom. The van der Waals surface area contributed by atoms with Crippen LogP contribution in [-0.4, -0.2) is 10.9 Å². The first-order valence-electron chi connectivity index (χ1n) is 8.73. The lowest BCUT2D eigenvalue weighted by molar-refractivity contribution is -0.124. The average molecular weight is 365 g/mol. The van der Waals surface area contributed by atoms with E-state index >= 15 is 0 Å². The lowest BCUT2D eigenvalue weighted by atomic mass is 9.70. The highest BCUT2D eigenvalue weighted by Crippen LogP contribution is 2.42. The van der Waals surface area contributed by atoms with Gasteiger partial charge in [-0.15, -0.1) is 11.3 Å². The van der Waals surface area contributed by atoms with Crippen molar-refractivity contribution in [2.45, 2.75) is 33.6 Å². The van der Waals surface area contributed by atoms with Crippen molar-refractivity contribution >= 4 is 22.4 Å². The highest BCUT2D eigenvalue weighted by atomic mass is 32.1. The number of hydrogen-bond donors (Lipinski definition) is 1. The Labute approximate surface area is 159 Å². The highest BCUT2D eigenvalue weighted by Gasteiger charge is 2.39. The Hall–Kier alpha value is -2.46. The summed E-state index contributed by atoms with van der Waals surface area (Å²) in [5.41, 5.74) is 2.83. The van der Waals surface area contributed by atoms with E-state index in [1.54, 1.807) is 6.20 Å². The molecule has 4 heteroatoms. The Balaban J connectivity index is 1.99. The lowest BCUT2D eigenvalue weighted by Crippen LogP contribution is -2.37. The van der Waals surface area contributed by atoms with E-state index in [-0.39, 0.29) is 11.8 Å². The predicted octanol–water partition coefficient (Wildman–Crippen LogP) is 5.56. The number of carbonyl (C=O) groups is 1. The minimum absolute atomic E-state index is 0.0266. The van der Waals surface area contributed by atoms with Crippen LogP contribution >= 0.6 is 11.3 Å². The summed E-state index contributed by atoms with van der Waals surface area (Å²) in [6, 6.07) is 18.7. The quantitative estimate of drug-likeness (QED) is 0.644. The predicted molar refractivity (Wildman–Crippen MR) is 109 cm³/mol. The number of aryl methyl sites for hydroxylation is 2. The number of rotatable bonds is 5. The first kappa shape index (κ1) is 18.3. The fourth-order valence-electron chi connectivity index (χ4n) is 3.23. The average Bonchev–Trinajstić information content (AvgIpc) is 3.02. The maximum atomic E-state index is 13.2. The molecule has 0 saturated heterocycles. The monoisotopic (exact) mass is 364 g/mol. The number of nitrogens with one attached hydrogen (secondary N) is 1. The standard InChI is InChI=1S/C22H24N2OS/c1-15-10-12-18(13-11-15)19(17-8-6-5-7-9-17)22(3,4)20(25)24-21-23-14-16(2)26-21/h5-14,19H,1-4H3,(H,23,24,25). The van der Waals surface area contributed by atoms with E-state index in [1.807, 2.05) is 39.0 Å². The molecule has 1 N–H and O–H groups in total. The molecule has 3 rings (SSSR count). The zero-order valence-corrected chi connectivity index (χ0v) is 16.4. The Kier molecular flexibility index (Phi) is 5.23. The SMILES string of the molecule is Cc1ccc(C(c2ccccc2)C(C)(C)C(=O)Nc2ncc(C)s2)cc1. The van der Waals surface area contributed by atoms with Crippen molar-refractivity contribution < 1.29 is 4.79 Å². The number of nitrogens with zero attached hydrogens (tertiary/aromatic N) is 1. The zero-order chi connectivity index (χ0) is 18.7. The number of carbonyl (C=O) groups excluding carboxylic acids is 1. The van der Waals surface area contributed by atoms with Gasteiger partial charge in [-0.25, -0.2) is 4.98 Å². The number of benzene rings is 2. The first-order chi connectivity index (χ1) is 12.4. The Bertz CT molecular complexity index is 882. The van der Waals surface area contributed by atoms with Crippen LogP contribution in [0.3, 0.4) is 0 Å². The molecule has 26 heavy (non-hydrogen) atoms. The molecule has 0 fully saturated rings. The molecule has 0 aliphatic carbocycles. The van der Waals surface area contributed by atoms with Gasteiger partial charge >= 0.3 is 0 Å². The molecular formula is C22H24N2OS. The Morgan fingerprint density at radius 3 is 2.19 bits per heavy atom. The van der Waals surface area contributed by atoms with Gasteiger partial charge in [-0.3, -0.25) is 4.79 Å². The molecule has 134 valence electrons. The summed E-state index contributed by atoms with van der Waals surface area (Å²) in [4.78, 5) is 18.5. The fourth-order valence-corrected chi connectivity index (χ4v) is 3.89. The van der Waals surface area contributed by atoms with E-state index in [1.165, 1.54) is 16.9 Å². The largest absolute Gasteiger partial charge is 0.301 e. The van der Waals surface area contributed by atoms with Gasteiger partial charge in [0.2, 0.25) is 5.91 Å². The molecule has 1 aromatic heterocycles. The maximum absolute atomic E-state index is 13.2. The van der Waals surface area contributed by atoms with E-state index in [2.05, 4.69) is 53.6 Å². The molecule has 2 aromatic carbocycles. The van der Waals surface area contributed by atoms with Gasteiger partial charge in [-0.2, -0.15) is 0 Å². The second-order valence-electron chi connectivity index (χ2n) is 7.21. The van der Waals surface area contributed by atoms with Gasteiger partial charge in [0.25, 0.3) is 0 Å². The van der Waals surface area contributed by atoms with Crippen LogP contribution in [0.5, 0.6) is 0 Å². The normalized spacial score (nSPS) is 12.6. The fraction of sp³-hybridized carbons (Fsp3) is 0.273. The van der Waals surface area contributed by atoms with E-state index in [4.69, 9.17) is 0 Å². The van der Waals surface area contributed by atoms with Crippen LogP contribution in [0, 0.1) is 19.3 Å². The topological polar surface area (TPSA) is 42.0 Å². The summed E-state index contributed by atoms with van der Waals surface area (Å²) in [6.45, 7) is 8.06. The molecule has 0 spiro atoms. The van der Waals surface area contributed by atoms with Crippen LogP contribution < -0.4 is 5.32 Å². The van der Waals surface area contributed by atoms with E-state index < -0.39 is 5.41 Å². The summed E-state index contributed by atoms with van der Waals surface area (Å²) in [5.74, 6) is -0.0772. The highest BCUT2D eigenvalue weighted by molar-refractivity contribution is 7.15. The van der Waals surface area contributed by atoms with Crippen molar-refractivity contribution in [1.82, 2.24) is 4.98 Å². The molecule has 1 heterocycles. The molecule has 0 aliphatic heterocycles. The van der Waals surface area contributed by atoms with Gasteiger partial charge in [0.05, 0.1) is 5.41 Å². The second kappa shape index (κ2) is 7.42. The number of anilines is 1. The summed E-state index contributed by atoms with van der Waals surface area (Å²) in [6.07, 6.45) is 1.78. The third-order valence-electron chi connectivity index (χ3n) is 4.69. The van der Waals surface area contributed by atoms with Gasteiger partial charge < -0.3 is 5.32 Å². The zero-order valence-electron chi connectivity index (χ0n) is 15.6. The number of amides is 1. The molecule has 3 aromatic rings. The maximum Gasteiger partial charge on any atom is 0.232 e. The van der Waals surface area contributed by atoms with Gasteiger partial charge in [0.15, 0.2) is 5.13 Å². The number of thiazole rings is 1. The first-order valence-corrected chi connectivity index (χ1v) is 9.55. The number of aromatic nitrogens is 1. The summed E-state index contributed by atoms with van der Waals surface area (Å²) in [7, 11) is 0. The minimum Gasteiger partial charge on any atom is -0.301 e. The van der Waals surface area contributed by atoms with E-state index in [0.29, 0.717) is 5.13 Å². The van der Waals surface area contributed by atoms with Crippen molar-refractivity contribution in [2.75, 3.05) is 5.32 Å². The smallest absolute Gasteiger partial charge is 0.232 e. The minimum atomic E-state index is -0.643. The van der Waals surface area contributed by atoms with Crippen molar-refractivity contribution in [2.24, 2.45) is 5.41 Å². The third-order valence-corrected chi connectivity index (χ3v) is 5.52. The van der Waals surface area contributed by atoms with Gasteiger partial charge in [0, 0.05) is 17.0 Å². The van der Waals surface area contributed by atoms with Crippen LogP contribution in [0.4, 0.5) is 5.13 Å². The Morgan fingerprint density at radius 2 is 1.62 bits per heavy atom. The molecule has 0 saturated carbocycles. The lowest BCUT2D eigenvalue weighted by Gasteiger charge is -2.34.